The lowest BCUT2D eigenvalue weighted by atomic mass is 10.0. The van der Waals surface area contributed by atoms with Crippen molar-refractivity contribution in [2.45, 2.75) is 30.3 Å². The molecule has 0 spiro atoms. The SMILES string of the molecule is CN=C(NCCSc1ccccc1F)NC1CCN(Cc2ccc(OC)c(F)c2)CC1.I. The summed E-state index contributed by atoms with van der Waals surface area (Å²) in [6.45, 7) is 3.30. The lowest BCUT2D eigenvalue weighted by molar-refractivity contribution is 0.198. The van der Waals surface area contributed by atoms with Gasteiger partial charge in [-0.25, -0.2) is 8.78 Å². The first-order valence-electron chi connectivity index (χ1n) is 10.5. The van der Waals surface area contributed by atoms with Gasteiger partial charge in [0, 0.05) is 49.9 Å². The van der Waals surface area contributed by atoms with Gasteiger partial charge >= 0.3 is 0 Å². The number of halogens is 3. The Hall–Kier alpha value is -1.59. The molecule has 1 fully saturated rings. The fourth-order valence-electron chi connectivity index (χ4n) is 3.58. The highest BCUT2D eigenvalue weighted by Gasteiger charge is 2.20. The molecule has 0 aromatic heterocycles. The number of methoxy groups -OCH3 is 1. The van der Waals surface area contributed by atoms with Crippen molar-refractivity contribution in [2.75, 3.05) is 39.5 Å². The molecule has 0 radical (unpaired) electrons. The van der Waals surface area contributed by atoms with Gasteiger partial charge in [0.25, 0.3) is 0 Å². The Morgan fingerprint density at radius 2 is 1.91 bits per heavy atom. The third kappa shape index (κ3) is 8.08. The molecule has 0 aliphatic carbocycles. The van der Waals surface area contributed by atoms with Crippen LogP contribution in [0.1, 0.15) is 18.4 Å². The first-order chi connectivity index (χ1) is 15.1. The minimum Gasteiger partial charge on any atom is -0.494 e. The Morgan fingerprint density at radius 3 is 2.56 bits per heavy atom. The number of piperidine rings is 1. The van der Waals surface area contributed by atoms with E-state index in [1.165, 1.54) is 24.9 Å². The molecule has 2 aromatic carbocycles. The molecular weight excluding hydrogens is 545 g/mol. The maximum absolute atomic E-state index is 13.9. The highest BCUT2D eigenvalue weighted by atomic mass is 127. The molecule has 2 aromatic rings. The number of nitrogens with one attached hydrogen (secondary N) is 2. The van der Waals surface area contributed by atoms with Gasteiger partial charge < -0.3 is 15.4 Å². The minimum absolute atomic E-state index is 0. The Labute approximate surface area is 210 Å². The van der Waals surface area contributed by atoms with Crippen LogP contribution in [0.5, 0.6) is 5.75 Å². The van der Waals surface area contributed by atoms with Gasteiger partial charge in [0.05, 0.1) is 7.11 Å². The summed E-state index contributed by atoms with van der Waals surface area (Å²) >= 11 is 1.49. The molecule has 5 nitrogen and oxygen atoms in total. The average molecular weight is 576 g/mol. The molecule has 32 heavy (non-hydrogen) atoms. The molecule has 2 N–H and O–H groups in total. The maximum atomic E-state index is 13.9. The lowest BCUT2D eigenvalue weighted by Crippen LogP contribution is -2.48. The topological polar surface area (TPSA) is 48.9 Å². The number of thioether (sulfide) groups is 1. The first-order valence-corrected chi connectivity index (χ1v) is 11.5. The number of rotatable bonds is 8. The predicted octanol–water partition coefficient (Wildman–Crippen LogP) is 4.51. The summed E-state index contributed by atoms with van der Waals surface area (Å²) < 4.78 is 32.5. The van der Waals surface area contributed by atoms with Crippen LogP contribution in [0.3, 0.4) is 0 Å². The molecule has 0 unspecified atom stereocenters. The third-order valence-electron chi connectivity index (χ3n) is 5.26. The van der Waals surface area contributed by atoms with E-state index in [0.29, 0.717) is 17.5 Å². The molecule has 0 saturated carbocycles. The van der Waals surface area contributed by atoms with Crippen LogP contribution in [-0.4, -0.2) is 56.4 Å². The smallest absolute Gasteiger partial charge is 0.191 e. The monoisotopic (exact) mass is 576 g/mol. The van der Waals surface area contributed by atoms with E-state index in [2.05, 4.69) is 20.5 Å². The second kappa shape index (κ2) is 13.8. The predicted molar refractivity (Wildman–Crippen MR) is 138 cm³/mol. The van der Waals surface area contributed by atoms with Crippen molar-refractivity contribution in [1.82, 2.24) is 15.5 Å². The Morgan fingerprint density at radius 1 is 1.16 bits per heavy atom. The molecule has 1 aliphatic rings. The number of guanidine groups is 1. The Kier molecular flexibility index (Phi) is 11.5. The summed E-state index contributed by atoms with van der Waals surface area (Å²) in [7, 11) is 3.23. The van der Waals surface area contributed by atoms with Crippen LogP contribution in [-0.2, 0) is 6.54 Å². The van der Waals surface area contributed by atoms with Crippen molar-refractivity contribution >= 4 is 41.7 Å². The summed E-state index contributed by atoms with van der Waals surface area (Å²) in [5, 5.41) is 6.78. The number of aliphatic imine (C=N–C) groups is 1. The van der Waals surface area contributed by atoms with Crippen LogP contribution < -0.4 is 15.4 Å². The normalized spacial score (nSPS) is 15.2. The fourth-order valence-corrected chi connectivity index (χ4v) is 4.39. The van der Waals surface area contributed by atoms with Crippen LogP contribution in [0.15, 0.2) is 52.4 Å². The van der Waals surface area contributed by atoms with Gasteiger partial charge in [-0.05, 0) is 42.7 Å². The van der Waals surface area contributed by atoms with Crippen molar-refractivity contribution in [1.29, 1.82) is 0 Å². The maximum Gasteiger partial charge on any atom is 0.191 e. The van der Waals surface area contributed by atoms with E-state index in [0.717, 1.165) is 49.8 Å². The molecule has 0 amide bonds. The zero-order valence-corrected chi connectivity index (χ0v) is 21.6. The fraction of sp³-hybridized carbons (Fsp3) is 0.435. The number of hydrogen-bond donors (Lipinski definition) is 2. The molecule has 0 bridgehead atoms. The van der Waals surface area contributed by atoms with E-state index in [1.807, 2.05) is 12.1 Å². The van der Waals surface area contributed by atoms with Gasteiger partial charge in [0.1, 0.15) is 5.82 Å². The molecule has 1 aliphatic heterocycles. The largest absolute Gasteiger partial charge is 0.494 e. The van der Waals surface area contributed by atoms with Crippen LogP contribution in [0, 0.1) is 11.6 Å². The van der Waals surface area contributed by atoms with E-state index in [9.17, 15) is 8.78 Å². The molecule has 0 atom stereocenters. The van der Waals surface area contributed by atoms with E-state index in [-0.39, 0.29) is 41.4 Å². The van der Waals surface area contributed by atoms with Crippen LogP contribution in [0.25, 0.3) is 0 Å². The van der Waals surface area contributed by atoms with E-state index in [1.54, 1.807) is 31.3 Å². The highest BCUT2D eigenvalue weighted by molar-refractivity contribution is 14.0. The van der Waals surface area contributed by atoms with Crippen molar-refractivity contribution < 1.29 is 13.5 Å². The van der Waals surface area contributed by atoms with Crippen molar-refractivity contribution in [3.8, 4) is 5.75 Å². The number of nitrogens with zero attached hydrogens (tertiary/aromatic N) is 2. The van der Waals surface area contributed by atoms with Crippen molar-refractivity contribution in [3.05, 3.63) is 59.7 Å². The zero-order valence-electron chi connectivity index (χ0n) is 18.4. The van der Waals surface area contributed by atoms with Gasteiger partial charge in [-0.3, -0.25) is 9.89 Å². The van der Waals surface area contributed by atoms with Crippen molar-refractivity contribution in [3.63, 3.8) is 0 Å². The minimum atomic E-state index is -0.320. The lowest BCUT2D eigenvalue weighted by Gasteiger charge is -2.33. The number of likely N-dealkylation sites (tertiary alicyclic amines) is 1. The van der Waals surface area contributed by atoms with Crippen molar-refractivity contribution in [2.24, 2.45) is 4.99 Å². The van der Waals surface area contributed by atoms with Crippen LogP contribution in [0.4, 0.5) is 8.78 Å². The zero-order chi connectivity index (χ0) is 22.1. The van der Waals surface area contributed by atoms with Crippen LogP contribution in [0.2, 0.25) is 0 Å². The Balaban J connectivity index is 0.00000363. The van der Waals surface area contributed by atoms with Gasteiger partial charge in [0.15, 0.2) is 17.5 Å². The molecule has 9 heteroatoms. The molecular formula is C23H31F2IN4OS. The number of ether oxygens (including phenoxy) is 1. The van der Waals surface area contributed by atoms with Gasteiger partial charge in [0.2, 0.25) is 0 Å². The van der Waals surface area contributed by atoms with E-state index < -0.39 is 0 Å². The third-order valence-corrected chi connectivity index (χ3v) is 6.31. The standard InChI is InChI=1S/C23H30F2N4OS.HI/c1-26-23(27-11-14-31-22-6-4-3-5-19(22)24)28-18-9-12-29(13-10-18)16-17-7-8-21(30-2)20(25)15-17;/h3-8,15,18H,9-14,16H2,1-2H3,(H2,26,27,28);1H. The summed E-state index contributed by atoms with van der Waals surface area (Å²) in [6.07, 6.45) is 1.98. The summed E-state index contributed by atoms with van der Waals surface area (Å²) in [4.78, 5) is 7.30. The molecule has 1 heterocycles. The van der Waals surface area contributed by atoms with Gasteiger partial charge in [-0.2, -0.15) is 0 Å². The van der Waals surface area contributed by atoms with Crippen LogP contribution >= 0.6 is 35.7 Å². The summed E-state index contributed by atoms with van der Waals surface area (Å²) in [6, 6.07) is 12.3. The quantitative estimate of drug-likeness (QED) is 0.159. The Bertz CT molecular complexity index is 879. The highest BCUT2D eigenvalue weighted by Crippen LogP contribution is 2.21. The number of benzene rings is 2. The second-order valence-corrected chi connectivity index (χ2v) is 8.58. The second-order valence-electron chi connectivity index (χ2n) is 7.44. The van der Waals surface area contributed by atoms with E-state index in [4.69, 9.17) is 4.74 Å². The average Bonchev–Trinajstić information content (AvgIpc) is 2.78. The number of hydrogen-bond acceptors (Lipinski definition) is 4. The van der Waals surface area contributed by atoms with Gasteiger partial charge in [-0.1, -0.05) is 18.2 Å². The molecule has 1 saturated heterocycles. The molecule has 176 valence electrons. The summed E-state index contributed by atoms with van der Waals surface area (Å²) in [5.41, 5.74) is 0.953. The van der Waals surface area contributed by atoms with E-state index >= 15 is 0 Å². The summed E-state index contributed by atoms with van der Waals surface area (Å²) in [5.74, 6) is 1.29. The first kappa shape index (κ1) is 26.7. The molecule has 3 rings (SSSR count). The van der Waals surface area contributed by atoms with Gasteiger partial charge in [-0.15, -0.1) is 35.7 Å².